The van der Waals surface area contributed by atoms with Crippen molar-refractivity contribution in [2.24, 2.45) is 4.99 Å². The molecule has 34 heavy (non-hydrogen) atoms. The maximum absolute atomic E-state index is 12.5. The van der Waals surface area contributed by atoms with Gasteiger partial charge in [0.15, 0.2) is 5.17 Å². The first-order valence-electron chi connectivity index (χ1n) is 11.5. The quantitative estimate of drug-likeness (QED) is 0.473. The number of rotatable bonds is 6. The van der Waals surface area contributed by atoms with Crippen LogP contribution in [0.15, 0.2) is 94.8 Å². The van der Waals surface area contributed by atoms with Gasteiger partial charge in [0.1, 0.15) is 12.4 Å². The summed E-state index contributed by atoms with van der Waals surface area (Å²) in [7, 11) is 0. The molecule has 0 radical (unpaired) electrons. The van der Waals surface area contributed by atoms with E-state index in [2.05, 4.69) is 39.1 Å². The van der Waals surface area contributed by atoms with E-state index >= 15 is 0 Å². The van der Waals surface area contributed by atoms with Crippen LogP contribution in [0, 0.1) is 0 Å². The van der Waals surface area contributed by atoms with E-state index in [-0.39, 0.29) is 5.91 Å². The first-order valence-corrected chi connectivity index (χ1v) is 12.4. The number of aliphatic imine (C=N–C) groups is 1. The maximum Gasteiger partial charge on any atom is 0.286 e. The molecule has 0 aromatic heterocycles. The first kappa shape index (κ1) is 22.4. The summed E-state index contributed by atoms with van der Waals surface area (Å²) in [6.07, 6.45) is 1.91. The number of ether oxygens (including phenoxy) is 1. The van der Waals surface area contributed by atoms with Crippen LogP contribution in [0.25, 0.3) is 6.08 Å². The molecule has 2 aliphatic rings. The monoisotopic (exact) mass is 469 g/mol. The van der Waals surface area contributed by atoms with Crippen molar-refractivity contribution in [1.29, 1.82) is 0 Å². The number of hydrogen-bond donors (Lipinski definition) is 0. The lowest BCUT2D eigenvalue weighted by molar-refractivity contribution is -0.113. The van der Waals surface area contributed by atoms with Crippen LogP contribution in [-0.4, -0.2) is 47.1 Å². The van der Waals surface area contributed by atoms with E-state index in [4.69, 9.17) is 4.74 Å². The number of piperazine rings is 1. The highest BCUT2D eigenvalue weighted by Crippen LogP contribution is 2.31. The van der Waals surface area contributed by atoms with Crippen LogP contribution < -0.4 is 4.74 Å². The lowest BCUT2D eigenvalue weighted by Crippen LogP contribution is -2.47. The number of carbonyl (C=O) groups is 1. The number of carbonyl (C=O) groups excluding carboxylic acids is 1. The van der Waals surface area contributed by atoms with Crippen molar-refractivity contribution in [1.82, 2.24) is 9.80 Å². The molecule has 1 fully saturated rings. The van der Waals surface area contributed by atoms with Gasteiger partial charge in [-0.15, -0.1) is 0 Å². The topological polar surface area (TPSA) is 45.1 Å². The second-order valence-electron chi connectivity index (χ2n) is 8.40. The average molecular weight is 470 g/mol. The minimum Gasteiger partial charge on any atom is -0.489 e. The van der Waals surface area contributed by atoms with Gasteiger partial charge < -0.3 is 9.64 Å². The molecule has 0 saturated carbocycles. The summed E-state index contributed by atoms with van der Waals surface area (Å²) in [6, 6.07) is 28.5. The summed E-state index contributed by atoms with van der Waals surface area (Å²) in [5, 5.41) is 0.818. The van der Waals surface area contributed by atoms with Crippen LogP contribution in [0.2, 0.25) is 0 Å². The van der Waals surface area contributed by atoms with Gasteiger partial charge in [0.25, 0.3) is 5.91 Å². The Hall–Kier alpha value is -3.35. The van der Waals surface area contributed by atoms with Gasteiger partial charge in [-0.3, -0.25) is 9.69 Å². The Morgan fingerprint density at radius 3 is 2.15 bits per heavy atom. The Balaban J connectivity index is 1.13. The molecule has 2 heterocycles. The van der Waals surface area contributed by atoms with E-state index in [1.807, 2.05) is 66.7 Å². The number of nitrogens with zero attached hydrogens (tertiary/aromatic N) is 3. The molecule has 172 valence electrons. The maximum atomic E-state index is 12.5. The smallest absolute Gasteiger partial charge is 0.286 e. The molecule has 5 nitrogen and oxygen atoms in total. The number of benzene rings is 3. The van der Waals surface area contributed by atoms with Gasteiger partial charge in [0.2, 0.25) is 0 Å². The van der Waals surface area contributed by atoms with Gasteiger partial charge in [-0.25, -0.2) is 0 Å². The zero-order valence-corrected chi connectivity index (χ0v) is 19.8. The van der Waals surface area contributed by atoms with Crippen LogP contribution in [-0.2, 0) is 17.9 Å². The second kappa shape index (κ2) is 10.7. The third-order valence-corrected chi connectivity index (χ3v) is 6.97. The van der Waals surface area contributed by atoms with Gasteiger partial charge in [0.05, 0.1) is 4.91 Å². The summed E-state index contributed by atoms with van der Waals surface area (Å²) in [4.78, 5) is 22.2. The van der Waals surface area contributed by atoms with Gasteiger partial charge in [0, 0.05) is 32.7 Å². The fourth-order valence-corrected chi connectivity index (χ4v) is 4.99. The summed E-state index contributed by atoms with van der Waals surface area (Å²) in [6.45, 7) is 5.19. The van der Waals surface area contributed by atoms with Gasteiger partial charge >= 0.3 is 0 Å². The largest absolute Gasteiger partial charge is 0.489 e. The minimum absolute atomic E-state index is 0.156. The van der Waals surface area contributed by atoms with E-state index < -0.39 is 0 Å². The van der Waals surface area contributed by atoms with Crippen molar-refractivity contribution in [3.05, 3.63) is 107 Å². The highest BCUT2D eigenvalue weighted by Gasteiger charge is 2.28. The molecule has 6 heteroatoms. The number of amidine groups is 1. The number of amides is 1. The SMILES string of the molecule is O=C1N=C(N2CCN(Cc3ccccc3)CC2)S/C1=C/c1ccc(OCc2ccccc2)cc1. The minimum atomic E-state index is -0.156. The van der Waals surface area contributed by atoms with Crippen LogP contribution in [0.4, 0.5) is 0 Å². The van der Waals surface area contributed by atoms with Gasteiger partial charge in [-0.1, -0.05) is 72.8 Å². The summed E-state index contributed by atoms with van der Waals surface area (Å²) in [5.74, 6) is 0.651. The average Bonchev–Trinajstić information content (AvgIpc) is 3.25. The van der Waals surface area contributed by atoms with Crippen LogP contribution in [0.1, 0.15) is 16.7 Å². The van der Waals surface area contributed by atoms with Crippen molar-refractivity contribution < 1.29 is 9.53 Å². The normalized spacial score (nSPS) is 17.8. The summed E-state index contributed by atoms with van der Waals surface area (Å²) in [5.41, 5.74) is 3.43. The predicted octanol–water partition coefficient (Wildman–Crippen LogP) is 5.05. The van der Waals surface area contributed by atoms with Crippen LogP contribution in [0.3, 0.4) is 0 Å². The zero-order chi connectivity index (χ0) is 23.2. The molecule has 0 N–H and O–H groups in total. The highest BCUT2D eigenvalue weighted by atomic mass is 32.2. The van der Waals surface area contributed by atoms with E-state index in [1.54, 1.807) is 0 Å². The number of hydrogen-bond acceptors (Lipinski definition) is 5. The van der Waals surface area contributed by atoms with Gasteiger partial charge in [-0.05, 0) is 46.7 Å². The lowest BCUT2D eigenvalue weighted by Gasteiger charge is -2.35. The molecule has 0 atom stereocenters. The zero-order valence-electron chi connectivity index (χ0n) is 19.0. The highest BCUT2D eigenvalue weighted by molar-refractivity contribution is 8.18. The molecule has 3 aromatic rings. The van der Waals surface area contributed by atoms with Crippen molar-refractivity contribution >= 4 is 28.9 Å². The molecule has 2 aliphatic heterocycles. The van der Waals surface area contributed by atoms with Crippen LogP contribution in [0.5, 0.6) is 5.75 Å². The van der Waals surface area contributed by atoms with Crippen LogP contribution >= 0.6 is 11.8 Å². The molecule has 0 aliphatic carbocycles. The third kappa shape index (κ3) is 5.76. The van der Waals surface area contributed by atoms with Gasteiger partial charge in [-0.2, -0.15) is 4.99 Å². The van der Waals surface area contributed by atoms with Crippen molar-refractivity contribution in [3.63, 3.8) is 0 Å². The van der Waals surface area contributed by atoms with Crippen molar-refractivity contribution in [2.45, 2.75) is 13.2 Å². The Bertz CT molecular complexity index is 1170. The molecular weight excluding hydrogens is 442 g/mol. The summed E-state index contributed by atoms with van der Waals surface area (Å²) < 4.78 is 5.85. The Morgan fingerprint density at radius 1 is 0.824 bits per heavy atom. The molecule has 3 aromatic carbocycles. The first-order chi connectivity index (χ1) is 16.7. The van der Waals surface area contributed by atoms with E-state index in [0.29, 0.717) is 11.5 Å². The predicted molar refractivity (Wildman–Crippen MR) is 139 cm³/mol. The van der Waals surface area contributed by atoms with Crippen molar-refractivity contribution in [3.8, 4) is 5.75 Å². The van der Waals surface area contributed by atoms with E-state index in [0.717, 1.165) is 54.8 Å². The fourth-order valence-electron chi connectivity index (χ4n) is 4.02. The Morgan fingerprint density at radius 2 is 1.47 bits per heavy atom. The standard InChI is InChI=1S/C28H27N3O2S/c32-27-26(19-22-11-13-25(14-12-22)33-21-24-9-5-2-6-10-24)34-28(29-27)31-17-15-30(16-18-31)20-23-7-3-1-4-8-23/h1-14,19H,15-18,20-21H2/b26-19+. The third-order valence-electron chi connectivity index (χ3n) is 5.93. The fraction of sp³-hybridized carbons (Fsp3) is 0.214. The number of thioether (sulfide) groups is 1. The Kier molecular flexibility index (Phi) is 7.08. The summed E-state index contributed by atoms with van der Waals surface area (Å²) >= 11 is 1.47. The Labute approximate surface area is 204 Å². The lowest BCUT2D eigenvalue weighted by atomic mass is 10.2. The molecule has 5 rings (SSSR count). The van der Waals surface area contributed by atoms with Crippen molar-refractivity contribution in [2.75, 3.05) is 26.2 Å². The molecule has 0 unspecified atom stereocenters. The van der Waals surface area contributed by atoms with E-state index in [1.165, 1.54) is 17.3 Å². The molecule has 1 saturated heterocycles. The molecule has 0 bridgehead atoms. The molecule has 0 spiro atoms. The molecule has 1 amide bonds. The second-order valence-corrected chi connectivity index (χ2v) is 9.41. The molecular formula is C28H27N3O2S. The van der Waals surface area contributed by atoms with E-state index in [9.17, 15) is 4.79 Å².